The van der Waals surface area contributed by atoms with E-state index in [0.717, 1.165) is 21.2 Å². The Hall–Kier alpha value is -3.10. The van der Waals surface area contributed by atoms with Crippen LogP contribution < -0.4 is 20.9 Å². The topological polar surface area (TPSA) is 96.5 Å². The normalized spacial score (nSPS) is 10.6. The number of hydrogen-bond donors (Lipinski definition) is 3. The van der Waals surface area contributed by atoms with Crippen molar-refractivity contribution in [1.29, 1.82) is 0 Å². The summed E-state index contributed by atoms with van der Waals surface area (Å²) in [5.41, 5.74) is 7.53. The van der Waals surface area contributed by atoms with Crippen LogP contribution in [-0.4, -0.2) is 24.8 Å². The average molecular weight is 460 g/mol. The summed E-state index contributed by atoms with van der Waals surface area (Å²) in [6.07, 6.45) is -0.0909. The van der Waals surface area contributed by atoms with Crippen LogP contribution >= 0.6 is 22.9 Å². The maximum absolute atomic E-state index is 12.4. The zero-order chi connectivity index (χ0) is 22.5. The minimum atomic E-state index is -0.530. The molecule has 9 heteroatoms. The number of halogens is 1. The minimum Gasteiger partial charge on any atom is -0.497 e. The maximum atomic E-state index is 12.4. The second kappa shape index (κ2) is 9.80. The summed E-state index contributed by atoms with van der Waals surface area (Å²) < 4.78 is 5.97. The van der Waals surface area contributed by atoms with Gasteiger partial charge in [-0.1, -0.05) is 17.7 Å². The molecular weight excluding hydrogens is 438 g/mol. The van der Waals surface area contributed by atoms with Crippen LogP contribution in [0.15, 0.2) is 36.4 Å². The van der Waals surface area contributed by atoms with Crippen LogP contribution in [0.3, 0.4) is 0 Å². The fraction of sp³-hybridized carbons (Fsp3) is 0.227. The third-order valence-electron chi connectivity index (χ3n) is 4.73. The van der Waals surface area contributed by atoms with E-state index in [-0.39, 0.29) is 23.6 Å². The number of fused-ring (bicyclic) bond motifs is 1. The second-order valence-corrected chi connectivity index (χ2v) is 8.39. The van der Waals surface area contributed by atoms with Crippen molar-refractivity contribution in [3.8, 4) is 5.75 Å². The highest BCUT2D eigenvalue weighted by Gasteiger charge is 2.18. The molecule has 162 valence electrons. The highest BCUT2D eigenvalue weighted by atomic mass is 35.5. The van der Waals surface area contributed by atoms with Crippen LogP contribution in [0.4, 0.5) is 5.69 Å². The van der Waals surface area contributed by atoms with Gasteiger partial charge in [0.2, 0.25) is 11.8 Å². The number of hydrogen-bond acceptors (Lipinski definition) is 5. The summed E-state index contributed by atoms with van der Waals surface area (Å²) in [5.74, 6) is -0.642. The Labute approximate surface area is 188 Å². The molecule has 0 saturated heterocycles. The van der Waals surface area contributed by atoms with Crippen LogP contribution in [0.25, 0.3) is 10.1 Å². The van der Waals surface area contributed by atoms with E-state index in [1.165, 1.54) is 11.3 Å². The molecule has 3 N–H and O–H groups in total. The van der Waals surface area contributed by atoms with Crippen LogP contribution in [0.5, 0.6) is 5.75 Å². The standard InChI is InChI=1S/C22H22ClN3O4S/c1-12-4-5-14(10-13(12)2)24-18(27)8-9-19(28)25-26-22(29)21-20(23)16-7-6-15(30-3)11-17(16)31-21/h4-7,10-11H,8-9H2,1-3H3,(H,24,27)(H,25,28)(H,26,29). The number of hydrazine groups is 1. The van der Waals surface area contributed by atoms with Crippen LogP contribution in [0.1, 0.15) is 33.6 Å². The molecule has 0 bridgehead atoms. The lowest BCUT2D eigenvalue weighted by Crippen LogP contribution is -2.41. The first-order valence-electron chi connectivity index (χ1n) is 9.51. The Morgan fingerprint density at radius 3 is 2.42 bits per heavy atom. The number of rotatable bonds is 6. The molecule has 2 aromatic carbocycles. The van der Waals surface area contributed by atoms with Crippen molar-refractivity contribution in [3.05, 3.63) is 57.4 Å². The molecule has 3 aromatic rings. The number of methoxy groups -OCH3 is 1. The van der Waals surface area contributed by atoms with Crippen molar-refractivity contribution in [2.75, 3.05) is 12.4 Å². The van der Waals surface area contributed by atoms with Gasteiger partial charge in [-0.2, -0.15) is 0 Å². The van der Waals surface area contributed by atoms with Gasteiger partial charge in [0.1, 0.15) is 10.6 Å². The van der Waals surface area contributed by atoms with E-state index in [2.05, 4.69) is 16.2 Å². The molecular formula is C22H22ClN3O4S. The highest BCUT2D eigenvalue weighted by molar-refractivity contribution is 7.21. The lowest BCUT2D eigenvalue weighted by Gasteiger charge is -2.08. The molecule has 0 aliphatic heterocycles. The van der Waals surface area contributed by atoms with Gasteiger partial charge in [0.15, 0.2) is 0 Å². The predicted molar refractivity (Wildman–Crippen MR) is 123 cm³/mol. The molecule has 0 saturated carbocycles. The first-order chi connectivity index (χ1) is 14.8. The fourth-order valence-corrected chi connectivity index (χ4v) is 4.27. The van der Waals surface area contributed by atoms with E-state index in [4.69, 9.17) is 16.3 Å². The van der Waals surface area contributed by atoms with Crippen molar-refractivity contribution in [2.24, 2.45) is 0 Å². The second-order valence-electron chi connectivity index (χ2n) is 6.96. The Bertz CT molecular complexity index is 1160. The summed E-state index contributed by atoms with van der Waals surface area (Å²) >= 11 is 7.50. The molecule has 0 spiro atoms. The van der Waals surface area contributed by atoms with E-state index < -0.39 is 11.8 Å². The number of ether oxygens (including phenoxy) is 1. The molecule has 0 atom stereocenters. The summed E-state index contributed by atoms with van der Waals surface area (Å²) in [7, 11) is 1.56. The van der Waals surface area contributed by atoms with Gasteiger partial charge in [-0.3, -0.25) is 25.2 Å². The molecule has 31 heavy (non-hydrogen) atoms. The van der Waals surface area contributed by atoms with Crippen LogP contribution in [-0.2, 0) is 9.59 Å². The minimum absolute atomic E-state index is 0.0158. The molecule has 0 aliphatic carbocycles. The zero-order valence-corrected chi connectivity index (χ0v) is 18.9. The summed E-state index contributed by atoms with van der Waals surface area (Å²) in [5, 5.41) is 3.79. The Morgan fingerprint density at radius 2 is 1.71 bits per heavy atom. The maximum Gasteiger partial charge on any atom is 0.281 e. The number of thiophene rings is 1. The van der Waals surface area contributed by atoms with Crippen LogP contribution in [0.2, 0.25) is 5.02 Å². The van der Waals surface area contributed by atoms with E-state index in [9.17, 15) is 14.4 Å². The number of carbonyl (C=O) groups excluding carboxylic acids is 3. The molecule has 7 nitrogen and oxygen atoms in total. The first-order valence-corrected chi connectivity index (χ1v) is 10.7. The number of nitrogens with one attached hydrogen (secondary N) is 3. The van der Waals surface area contributed by atoms with Gasteiger partial charge in [0.05, 0.1) is 12.1 Å². The number of carbonyl (C=O) groups is 3. The summed E-state index contributed by atoms with van der Waals surface area (Å²) in [4.78, 5) is 36.8. The van der Waals surface area contributed by atoms with Crippen molar-refractivity contribution in [1.82, 2.24) is 10.9 Å². The molecule has 3 rings (SSSR count). The lowest BCUT2D eigenvalue weighted by molar-refractivity contribution is -0.124. The summed E-state index contributed by atoms with van der Waals surface area (Å²) in [6, 6.07) is 10.9. The van der Waals surface area contributed by atoms with E-state index in [1.54, 1.807) is 25.3 Å². The third-order valence-corrected chi connectivity index (χ3v) is 6.38. The van der Waals surface area contributed by atoms with Crippen molar-refractivity contribution in [3.63, 3.8) is 0 Å². The van der Waals surface area contributed by atoms with Gasteiger partial charge in [-0.15, -0.1) is 11.3 Å². The van der Waals surface area contributed by atoms with Crippen LogP contribution in [0, 0.1) is 13.8 Å². The fourth-order valence-electron chi connectivity index (χ4n) is 2.83. The van der Waals surface area contributed by atoms with Gasteiger partial charge in [0, 0.05) is 28.6 Å². The van der Waals surface area contributed by atoms with Crippen molar-refractivity contribution < 1.29 is 19.1 Å². The zero-order valence-electron chi connectivity index (χ0n) is 17.3. The molecule has 3 amide bonds. The van der Waals surface area contributed by atoms with Gasteiger partial charge in [-0.25, -0.2) is 0 Å². The number of anilines is 1. The van der Waals surface area contributed by atoms with Gasteiger partial charge in [-0.05, 0) is 55.3 Å². The smallest absolute Gasteiger partial charge is 0.281 e. The molecule has 1 heterocycles. The van der Waals surface area contributed by atoms with Gasteiger partial charge in [0.25, 0.3) is 5.91 Å². The summed E-state index contributed by atoms with van der Waals surface area (Å²) in [6.45, 7) is 3.95. The SMILES string of the molecule is COc1ccc2c(Cl)c(C(=O)NNC(=O)CCC(=O)Nc3ccc(C)c(C)c3)sc2c1. The Balaban J connectivity index is 1.50. The molecule has 0 fully saturated rings. The van der Waals surface area contributed by atoms with E-state index >= 15 is 0 Å². The van der Waals surface area contributed by atoms with Gasteiger partial charge < -0.3 is 10.1 Å². The third kappa shape index (κ3) is 5.53. The molecule has 0 unspecified atom stereocenters. The quantitative estimate of drug-likeness (QED) is 0.477. The number of aryl methyl sites for hydroxylation is 2. The van der Waals surface area contributed by atoms with Crippen molar-refractivity contribution in [2.45, 2.75) is 26.7 Å². The Kier molecular flexibility index (Phi) is 7.14. The lowest BCUT2D eigenvalue weighted by atomic mass is 10.1. The Morgan fingerprint density at radius 1 is 0.968 bits per heavy atom. The number of amides is 3. The first kappa shape index (κ1) is 22.6. The van der Waals surface area contributed by atoms with E-state index in [1.807, 2.05) is 32.0 Å². The van der Waals surface area contributed by atoms with E-state index in [0.29, 0.717) is 16.5 Å². The monoisotopic (exact) mass is 459 g/mol. The van der Waals surface area contributed by atoms with Gasteiger partial charge >= 0.3 is 0 Å². The molecule has 0 aliphatic rings. The highest BCUT2D eigenvalue weighted by Crippen LogP contribution is 2.37. The molecule has 0 radical (unpaired) electrons. The van der Waals surface area contributed by atoms with Crippen molar-refractivity contribution >= 4 is 56.4 Å². The predicted octanol–water partition coefficient (Wildman–Crippen LogP) is 4.36. The number of benzene rings is 2. The molecule has 1 aromatic heterocycles. The largest absolute Gasteiger partial charge is 0.497 e. The average Bonchev–Trinajstić information content (AvgIpc) is 3.09.